The lowest BCUT2D eigenvalue weighted by Gasteiger charge is -2.20. The van der Waals surface area contributed by atoms with E-state index < -0.39 is 15.9 Å². The minimum absolute atomic E-state index is 0.120. The smallest absolute Gasteiger partial charge is 0.310 e. The standard InChI is InChI=1S/C12H13Cl3O3/c1-8(12(13,14)15)18-11(16)7-9-3-5-10(17-2)6-4-9/h3-6,8H,7H2,1-2H3/t8-/m1/s1. The number of hydrogen-bond donors (Lipinski definition) is 0. The number of methoxy groups -OCH3 is 1. The molecule has 0 aliphatic rings. The Morgan fingerprint density at radius 1 is 1.28 bits per heavy atom. The predicted octanol–water partition coefficient (Wildman–Crippen LogP) is 3.54. The minimum atomic E-state index is -1.62. The Kier molecular flexibility index (Phi) is 5.57. The lowest BCUT2D eigenvalue weighted by molar-refractivity contribution is -0.147. The molecule has 0 radical (unpaired) electrons. The third kappa shape index (κ3) is 4.92. The maximum atomic E-state index is 11.6. The van der Waals surface area contributed by atoms with Crippen molar-refractivity contribution in [3.63, 3.8) is 0 Å². The van der Waals surface area contributed by atoms with E-state index >= 15 is 0 Å². The molecule has 1 rings (SSSR count). The fraction of sp³-hybridized carbons (Fsp3) is 0.417. The van der Waals surface area contributed by atoms with Gasteiger partial charge in [0, 0.05) is 0 Å². The number of halogens is 3. The summed E-state index contributed by atoms with van der Waals surface area (Å²) in [6.45, 7) is 1.53. The highest BCUT2D eigenvalue weighted by molar-refractivity contribution is 6.68. The van der Waals surface area contributed by atoms with Crippen molar-refractivity contribution >= 4 is 40.8 Å². The van der Waals surface area contributed by atoms with Crippen LogP contribution in [0.5, 0.6) is 5.75 Å². The van der Waals surface area contributed by atoms with E-state index in [1.807, 2.05) is 0 Å². The van der Waals surface area contributed by atoms with Gasteiger partial charge in [0.05, 0.1) is 13.5 Å². The Balaban J connectivity index is 2.54. The van der Waals surface area contributed by atoms with Crippen molar-refractivity contribution in [2.75, 3.05) is 7.11 Å². The summed E-state index contributed by atoms with van der Waals surface area (Å²) in [5.74, 6) is 0.278. The largest absolute Gasteiger partial charge is 0.497 e. The molecule has 1 atom stereocenters. The zero-order valence-electron chi connectivity index (χ0n) is 9.95. The van der Waals surface area contributed by atoms with Crippen LogP contribution in [0.25, 0.3) is 0 Å². The molecular formula is C12H13Cl3O3. The van der Waals surface area contributed by atoms with Gasteiger partial charge in [0.25, 0.3) is 0 Å². The van der Waals surface area contributed by atoms with E-state index in [1.54, 1.807) is 31.4 Å². The zero-order chi connectivity index (χ0) is 13.8. The van der Waals surface area contributed by atoms with Crippen LogP contribution in [0.4, 0.5) is 0 Å². The van der Waals surface area contributed by atoms with Gasteiger partial charge >= 0.3 is 5.97 Å². The van der Waals surface area contributed by atoms with Crippen LogP contribution in [-0.2, 0) is 16.0 Å². The number of benzene rings is 1. The summed E-state index contributed by atoms with van der Waals surface area (Å²) in [5, 5.41) is 0. The number of carbonyl (C=O) groups excluding carboxylic acids is 1. The Bertz CT molecular complexity index is 398. The van der Waals surface area contributed by atoms with Gasteiger partial charge < -0.3 is 9.47 Å². The number of alkyl halides is 3. The average Bonchev–Trinajstić information content (AvgIpc) is 2.28. The van der Waals surface area contributed by atoms with Crippen molar-refractivity contribution in [1.29, 1.82) is 0 Å². The molecular weight excluding hydrogens is 298 g/mol. The molecule has 0 N–H and O–H groups in total. The highest BCUT2D eigenvalue weighted by Gasteiger charge is 2.31. The van der Waals surface area contributed by atoms with Gasteiger partial charge in [0.1, 0.15) is 11.9 Å². The molecule has 18 heavy (non-hydrogen) atoms. The van der Waals surface area contributed by atoms with Crippen molar-refractivity contribution in [1.82, 2.24) is 0 Å². The first-order valence-electron chi connectivity index (χ1n) is 5.22. The fourth-order valence-corrected chi connectivity index (χ4v) is 1.35. The van der Waals surface area contributed by atoms with Crippen LogP contribution in [0.2, 0.25) is 0 Å². The molecule has 0 fully saturated rings. The second kappa shape index (κ2) is 6.50. The Labute approximate surface area is 121 Å². The van der Waals surface area contributed by atoms with E-state index in [-0.39, 0.29) is 6.42 Å². The van der Waals surface area contributed by atoms with Crippen molar-refractivity contribution in [2.24, 2.45) is 0 Å². The molecule has 0 saturated carbocycles. The average molecular weight is 312 g/mol. The molecule has 1 aromatic rings. The second-order valence-electron chi connectivity index (χ2n) is 3.70. The summed E-state index contributed by atoms with van der Waals surface area (Å²) in [6.07, 6.45) is -0.678. The molecule has 0 heterocycles. The van der Waals surface area contributed by atoms with Crippen LogP contribution in [0.15, 0.2) is 24.3 Å². The first-order valence-corrected chi connectivity index (χ1v) is 6.35. The lowest BCUT2D eigenvalue weighted by Crippen LogP contribution is -2.28. The van der Waals surface area contributed by atoms with Gasteiger partial charge in [-0.2, -0.15) is 0 Å². The normalized spacial score (nSPS) is 12.9. The molecule has 6 heteroatoms. The Hall–Kier alpha value is -0.640. The van der Waals surface area contributed by atoms with E-state index in [0.717, 1.165) is 11.3 Å². The summed E-state index contributed by atoms with van der Waals surface area (Å²) < 4.78 is 8.41. The second-order valence-corrected chi connectivity index (χ2v) is 6.07. The van der Waals surface area contributed by atoms with Crippen molar-refractivity contribution < 1.29 is 14.3 Å². The highest BCUT2D eigenvalue weighted by Crippen LogP contribution is 2.32. The molecule has 0 unspecified atom stereocenters. The minimum Gasteiger partial charge on any atom is -0.497 e. The molecule has 0 aliphatic heterocycles. The number of esters is 1. The van der Waals surface area contributed by atoms with Gasteiger partial charge in [-0.25, -0.2) is 0 Å². The maximum Gasteiger partial charge on any atom is 0.310 e. The van der Waals surface area contributed by atoms with Crippen LogP contribution in [0, 0.1) is 0 Å². The van der Waals surface area contributed by atoms with Crippen molar-refractivity contribution in [3.05, 3.63) is 29.8 Å². The van der Waals surface area contributed by atoms with Gasteiger partial charge in [-0.05, 0) is 24.6 Å². The number of ether oxygens (including phenoxy) is 2. The topological polar surface area (TPSA) is 35.5 Å². The fourth-order valence-electron chi connectivity index (χ4n) is 1.22. The first kappa shape index (κ1) is 15.4. The van der Waals surface area contributed by atoms with Crippen LogP contribution >= 0.6 is 34.8 Å². The Morgan fingerprint density at radius 3 is 2.28 bits per heavy atom. The quantitative estimate of drug-likeness (QED) is 0.630. The van der Waals surface area contributed by atoms with E-state index in [4.69, 9.17) is 44.3 Å². The summed E-state index contributed by atoms with van der Waals surface area (Å²) in [6, 6.07) is 7.09. The van der Waals surface area contributed by atoms with Crippen LogP contribution in [0.1, 0.15) is 12.5 Å². The Morgan fingerprint density at radius 2 is 1.83 bits per heavy atom. The molecule has 1 aromatic carbocycles. The monoisotopic (exact) mass is 310 g/mol. The highest BCUT2D eigenvalue weighted by atomic mass is 35.6. The van der Waals surface area contributed by atoms with E-state index in [2.05, 4.69) is 0 Å². The SMILES string of the molecule is COc1ccc(CC(=O)O[C@H](C)C(Cl)(Cl)Cl)cc1. The number of carbonyl (C=O) groups is 1. The van der Waals surface area contributed by atoms with E-state index in [1.165, 1.54) is 6.92 Å². The van der Waals surface area contributed by atoms with Crippen LogP contribution in [0.3, 0.4) is 0 Å². The van der Waals surface area contributed by atoms with Gasteiger partial charge in [-0.15, -0.1) is 0 Å². The number of hydrogen-bond acceptors (Lipinski definition) is 3. The van der Waals surface area contributed by atoms with Crippen LogP contribution in [-0.4, -0.2) is 23.0 Å². The molecule has 3 nitrogen and oxygen atoms in total. The maximum absolute atomic E-state index is 11.6. The van der Waals surface area contributed by atoms with Crippen molar-refractivity contribution in [2.45, 2.75) is 23.2 Å². The van der Waals surface area contributed by atoms with Crippen LogP contribution < -0.4 is 4.74 Å². The molecule has 0 bridgehead atoms. The molecule has 0 saturated heterocycles. The summed E-state index contributed by atoms with van der Waals surface area (Å²) in [4.78, 5) is 11.6. The third-order valence-electron chi connectivity index (χ3n) is 2.28. The van der Waals surface area contributed by atoms with E-state index in [9.17, 15) is 4.79 Å². The zero-order valence-corrected chi connectivity index (χ0v) is 12.2. The van der Waals surface area contributed by atoms with E-state index in [0.29, 0.717) is 0 Å². The lowest BCUT2D eigenvalue weighted by atomic mass is 10.1. The molecule has 0 aliphatic carbocycles. The summed E-state index contributed by atoms with van der Waals surface area (Å²) in [7, 11) is 1.58. The summed E-state index contributed by atoms with van der Waals surface area (Å²) in [5.41, 5.74) is 0.803. The van der Waals surface area contributed by atoms with Gasteiger partial charge in [0.2, 0.25) is 3.79 Å². The molecule has 0 aromatic heterocycles. The van der Waals surface area contributed by atoms with Gasteiger partial charge in [-0.1, -0.05) is 46.9 Å². The summed E-state index contributed by atoms with van der Waals surface area (Å²) >= 11 is 16.8. The molecule has 100 valence electrons. The van der Waals surface area contributed by atoms with Gasteiger partial charge in [0.15, 0.2) is 0 Å². The van der Waals surface area contributed by atoms with Gasteiger partial charge in [-0.3, -0.25) is 4.79 Å². The molecule has 0 spiro atoms. The third-order valence-corrected chi connectivity index (χ3v) is 3.20. The van der Waals surface area contributed by atoms with Crippen molar-refractivity contribution in [3.8, 4) is 5.75 Å². The predicted molar refractivity (Wildman–Crippen MR) is 72.5 cm³/mol. The molecule has 0 amide bonds. The number of rotatable bonds is 4. The first-order chi connectivity index (χ1) is 8.32.